The molecule has 1 aromatic rings. The van der Waals surface area contributed by atoms with Crippen LogP contribution in [0.2, 0.25) is 0 Å². The lowest BCUT2D eigenvalue weighted by atomic mass is 9.74. The second kappa shape index (κ2) is 9.96. The largest absolute Gasteiger partial charge is 0.369 e. The van der Waals surface area contributed by atoms with Crippen molar-refractivity contribution in [2.75, 3.05) is 7.05 Å². The van der Waals surface area contributed by atoms with Crippen molar-refractivity contribution in [3.05, 3.63) is 24.3 Å². The molecule has 0 unspecified atom stereocenters. The lowest BCUT2D eigenvalue weighted by Gasteiger charge is -2.35. The molecule has 0 bridgehead atoms. The maximum Gasteiger partial charge on any atom is 0.271 e. The molecule has 174 valence electrons. The number of nitrogens with zero attached hydrogens (tertiary/aromatic N) is 4. The monoisotopic (exact) mass is 440 g/mol. The highest BCUT2D eigenvalue weighted by Crippen LogP contribution is 2.40. The van der Waals surface area contributed by atoms with Gasteiger partial charge < -0.3 is 11.1 Å². The molecule has 8 nitrogen and oxygen atoms in total. The van der Waals surface area contributed by atoms with Gasteiger partial charge in [-0.1, -0.05) is 44.9 Å². The van der Waals surface area contributed by atoms with Crippen LogP contribution in [0.3, 0.4) is 0 Å². The smallest absolute Gasteiger partial charge is 0.271 e. The van der Waals surface area contributed by atoms with Crippen LogP contribution in [0.1, 0.15) is 87.5 Å². The Bertz CT molecular complexity index is 838. The van der Waals surface area contributed by atoms with Crippen LogP contribution < -0.4 is 11.1 Å². The highest BCUT2D eigenvalue weighted by Gasteiger charge is 2.48. The summed E-state index contributed by atoms with van der Waals surface area (Å²) in [7, 11) is 1.73. The van der Waals surface area contributed by atoms with Crippen molar-refractivity contribution in [2.24, 2.45) is 22.6 Å². The molecular weight excluding hydrogens is 404 g/mol. The summed E-state index contributed by atoms with van der Waals surface area (Å²) in [6.07, 6.45) is 17.4. The number of aromatic nitrogens is 2. The molecule has 1 aromatic heterocycles. The number of likely N-dealkylation sites (N-methyl/N-ethyl adjacent to an activating group) is 1. The first kappa shape index (κ1) is 22.7. The molecule has 3 N–H and O–H groups in total. The second-order valence-electron chi connectivity index (χ2n) is 9.91. The molecule has 0 aromatic carbocycles. The molecule has 0 radical (unpaired) electrons. The van der Waals surface area contributed by atoms with E-state index >= 15 is 0 Å². The zero-order chi connectivity index (χ0) is 22.6. The van der Waals surface area contributed by atoms with E-state index < -0.39 is 5.54 Å². The van der Waals surface area contributed by atoms with Gasteiger partial charge in [-0.25, -0.2) is 9.98 Å². The number of guanidine groups is 1. The van der Waals surface area contributed by atoms with Crippen LogP contribution in [0, 0.1) is 11.8 Å². The quantitative estimate of drug-likeness (QED) is 0.676. The first-order valence-corrected chi connectivity index (χ1v) is 12.2. The van der Waals surface area contributed by atoms with Gasteiger partial charge in [-0.2, -0.15) is 0 Å². The Kier molecular flexibility index (Phi) is 7.06. The van der Waals surface area contributed by atoms with Crippen LogP contribution in [-0.2, 0) is 4.79 Å². The average molecular weight is 441 g/mol. The molecule has 2 saturated carbocycles. The number of rotatable bonds is 7. The van der Waals surface area contributed by atoms with Crippen LogP contribution in [0.15, 0.2) is 23.6 Å². The number of aliphatic imine (C=N–C) groups is 1. The van der Waals surface area contributed by atoms with E-state index in [1.54, 1.807) is 13.2 Å². The number of nitrogens with two attached hydrogens (primary N) is 1. The number of hydrogen-bond donors (Lipinski definition) is 2. The van der Waals surface area contributed by atoms with Crippen LogP contribution in [0.4, 0.5) is 0 Å². The molecule has 8 heteroatoms. The van der Waals surface area contributed by atoms with E-state index in [1.807, 2.05) is 0 Å². The Morgan fingerprint density at radius 2 is 1.94 bits per heavy atom. The normalized spacial score (nSPS) is 29.1. The molecule has 32 heavy (non-hydrogen) atoms. The van der Waals surface area contributed by atoms with Gasteiger partial charge >= 0.3 is 0 Å². The fourth-order valence-corrected chi connectivity index (χ4v) is 5.84. The summed E-state index contributed by atoms with van der Waals surface area (Å²) in [5.74, 6) is 1.21. The molecule has 2 fully saturated rings. The van der Waals surface area contributed by atoms with E-state index in [-0.39, 0.29) is 17.9 Å². The van der Waals surface area contributed by atoms with Crippen LogP contribution in [0.5, 0.6) is 0 Å². The van der Waals surface area contributed by atoms with E-state index in [0.29, 0.717) is 29.9 Å². The predicted molar refractivity (Wildman–Crippen MR) is 123 cm³/mol. The van der Waals surface area contributed by atoms with Crippen molar-refractivity contribution in [2.45, 2.75) is 88.6 Å². The van der Waals surface area contributed by atoms with E-state index in [1.165, 1.54) is 49.4 Å². The summed E-state index contributed by atoms with van der Waals surface area (Å²) in [6, 6.07) is 0.0780. The molecule has 4 rings (SSSR count). The van der Waals surface area contributed by atoms with Gasteiger partial charge in [0.15, 0.2) is 5.96 Å². The molecule has 2 amide bonds. The summed E-state index contributed by atoms with van der Waals surface area (Å²) < 4.78 is 0. The third-order valence-corrected chi connectivity index (χ3v) is 7.61. The number of nitrogens with one attached hydrogen (secondary N) is 1. The lowest BCUT2D eigenvalue weighted by molar-refractivity contribution is -0.131. The maximum atomic E-state index is 13.3. The molecular formula is C24H36N6O2. The van der Waals surface area contributed by atoms with Crippen LogP contribution in [-0.4, -0.2) is 51.3 Å². The molecule has 2 aliphatic carbocycles. The minimum atomic E-state index is -0.738. The summed E-state index contributed by atoms with van der Waals surface area (Å²) in [5, 5.41) is 3.12. The summed E-state index contributed by atoms with van der Waals surface area (Å²) in [5.41, 5.74) is 5.70. The third-order valence-electron chi connectivity index (χ3n) is 7.61. The number of carbonyl (C=O) groups is 2. The summed E-state index contributed by atoms with van der Waals surface area (Å²) in [6.45, 7) is 0. The van der Waals surface area contributed by atoms with E-state index in [2.05, 4.69) is 15.3 Å². The van der Waals surface area contributed by atoms with Crippen molar-refractivity contribution in [3.8, 4) is 0 Å². The third kappa shape index (κ3) is 5.10. The molecule has 2 heterocycles. The van der Waals surface area contributed by atoms with Gasteiger partial charge in [0.05, 0.1) is 6.20 Å². The Morgan fingerprint density at radius 3 is 2.62 bits per heavy atom. The fourth-order valence-electron chi connectivity index (χ4n) is 5.84. The van der Waals surface area contributed by atoms with Gasteiger partial charge in [-0.3, -0.25) is 19.5 Å². The van der Waals surface area contributed by atoms with Gasteiger partial charge in [0.1, 0.15) is 11.2 Å². The predicted octanol–water partition coefficient (Wildman–Crippen LogP) is 3.04. The SMILES string of the molecule is CN1C(=O)[C@@](CCC2CCCCC2)(C[C@H]2CCC[C@@H](NC(=O)c3cnccn3)C2)N=C1N. The van der Waals surface area contributed by atoms with E-state index in [4.69, 9.17) is 10.7 Å². The number of carbonyl (C=O) groups excluding carboxylic acids is 2. The Labute approximate surface area is 190 Å². The van der Waals surface area contributed by atoms with Crippen molar-refractivity contribution >= 4 is 17.8 Å². The lowest BCUT2D eigenvalue weighted by Crippen LogP contribution is -2.45. The Hall–Kier alpha value is -2.51. The van der Waals surface area contributed by atoms with Gasteiger partial charge in [0.25, 0.3) is 11.8 Å². The fraction of sp³-hybridized carbons (Fsp3) is 0.708. The van der Waals surface area contributed by atoms with Crippen LogP contribution >= 0.6 is 0 Å². The topological polar surface area (TPSA) is 114 Å². The first-order valence-electron chi connectivity index (χ1n) is 12.2. The van der Waals surface area contributed by atoms with Gasteiger partial charge in [0, 0.05) is 25.5 Å². The average Bonchev–Trinajstić information content (AvgIpc) is 3.03. The van der Waals surface area contributed by atoms with Gasteiger partial charge in [-0.05, 0) is 43.9 Å². The minimum absolute atomic E-state index is 0.0385. The minimum Gasteiger partial charge on any atom is -0.369 e. The zero-order valence-electron chi connectivity index (χ0n) is 19.1. The van der Waals surface area contributed by atoms with E-state index in [0.717, 1.165) is 38.5 Å². The van der Waals surface area contributed by atoms with Crippen molar-refractivity contribution in [3.63, 3.8) is 0 Å². The van der Waals surface area contributed by atoms with Gasteiger partial charge in [-0.15, -0.1) is 0 Å². The highest BCUT2D eigenvalue weighted by atomic mass is 16.2. The Morgan fingerprint density at radius 1 is 1.16 bits per heavy atom. The highest BCUT2D eigenvalue weighted by molar-refractivity contribution is 6.06. The maximum absolute atomic E-state index is 13.3. The number of hydrogen-bond acceptors (Lipinski definition) is 6. The van der Waals surface area contributed by atoms with Crippen molar-refractivity contribution in [1.82, 2.24) is 20.2 Å². The Balaban J connectivity index is 1.41. The molecule has 1 aliphatic heterocycles. The molecule has 0 saturated heterocycles. The number of amides is 2. The van der Waals surface area contributed by atoms with Crippen molar-refractivity contribution < 1.29 is 9.59 Å². The van der Waals surface area contributed by atoms with E-state index in [9.17, 15) is 9.59 Å². The second-order valence-corrected chi connectivity index (χ2v) is 9.91. The standard InChI is InChI=1S/C24H36N6O2/c1-30-22(32)24(29-23(30)25,11-10-17-6-3-2-4-7-17)15-18-8-5-9-19(14-18)28-21(31)20-16-26-12-13-27-20/h12-13,16-19H,2-11,14-15H2,1H3,(H2,25,29)(H,28,31)/t18-,19+,24+/m0/s1. The zero-order valence-corrected chi connectivity index (χ0v) is 19.1. The summed E-state index contributed by atoms with van der Waals surface area (Å²) >= 11 is 0. The molecule has 3 aliphatic rings. The summed E-state index contributed by atoms with van der Waals surface area (Å²) in [4.78, 5) is 40.2. The first-order chi connectivity index (χ1) is 15.5. The van der Waals surface area contributed by atoms with Crippen molar-refractivity contribution in [1.29, 1.82) is 0 Å². The van der Waals surface area contributed by atoms with Gasteiger partial charge in [0.2, 0.25) is 0 Å². The van der Waals surface area contributed by atoms with Crippen LogP contribution in [0.25, 0.3) is 0 Å². The molecule has 0 spiro atoms. The molecule has 3 atom stereocenters.